The van der Waals surface area contributed by atoms with E-state index in [4.69, 9.17) is 24.5 Å². The Morgan fingerprint density at radius 2 is 1.69 bits per heavy atom. The first kappa shape index (κ1) is 30.9. The third-order valence-electron chi connectivity index (χ3n) is 9.47. The van der Waals surface area contributed by atoms with Crippen LogP contribution in [0.1, 0.15) is 70.7 Å². The first-order chi connectivity index (χ1) is 18.1. The number of carboxylic acid groups (broad SMARTS) is 2. The molecule has 1 aliphatic heterocycles. The van der Waals surface area contributed by atoms with E-state index >= 15 is 0 Å². The Morgan fingerprint density at radius 1 is 1.10 bits per heavy atom. The molecule has 1 aromatic carbocycles. The molecule has 1 saturated heterocycles. The maximum absolute atomic E-state index is 13.8. The molecule has 9 heteroatoms. The summed E-state index contributed by atoms with van der Waals surface area (Å²) in [5.41, 5.74) is 0.00360. The number of aromatic carboxylic acids is 1. The molecule has 7 atom stereocenters. The number of benzene rings is 1. The third-order valence-corrected chi connectivity index (χ3v) is 9.47. The standard InChI is InChI=1S/C21H32O5.C7H6O2.C2H4O2/c1-11-6-7-21(24)9-13-12-10-26-14(12)8-15(22)20(13,4)18(23)17(25-5)16(11)19(21,2)3;8-7(9)6-4-2-1-3-5-6;1-2(3)4/h12-15,17,22,24H,6-10H2,1-5H3;1-5H,(H,8,9);1H3,(H,3,4). The van der Waals surface area contributed by atoms with Crippen LogP contribution in [-0.2, 0) is 19.1 Å². The fourth-order valence-electron chi connectivity index (χ4n) is 6.95. The van der Waals surface area contributed by atoms with Crippen LogP contribution in [0, 0.1) is 22.7 Å². The van der Waals surface area contributed by atoms with E-state index in [0.29, 0.717) is 31.4 Å². The number of allylic oxidation sites excluding steroid dienone is 1. The Hall–Kier alpha value is -2.59. The van der Waals surface area contributed by atoms with Gasteiger partial charge < -0.3 is 29.9 Å². The van der Waals surface area contributed by atoms with Gasteiger partial charge >= 0.3 is 5.97 Å². The molecule has 2 saturated carbocycles. The molecule has 1 heterocycles. The average molecular weight is 547 g/mol. The van der Waals surface area contributed by atoms with E-state index in [1.165, 1.54) is 0 Å². The van der Waals surface area contributed by atoms with Gasteiger partial charge in [-0.05, 0) is 56.7 Å². The Balaban J connectivity index is 0.000000268. The molecule has 0 aromatic heterocycles. The largest absolute Gasteiger partial charge is 0.481 e. The van der Waals surface area contributed by atoms with Gasteiger partial charge in [0, 0.05) is 31.8 Å². The van der Waals surface area contributed by atoms with Gasteiger partial charge in [0.2, 0.25) is 0 Å². The van der Waals surface area contributed by atoms with Gasteiger partial charge in [-0.15, -0.1) is 0 Å². The van der Waals surface area contributed by atoms with E-state index in [1.54, 1.807) is 37.4 Å². The number of ketones is 1. The van der Waals surface area contributed by atoms with Gasteiger partial charge in [-0.3, -0.25) is 9.59 Å². The van der Waals surface area contributed by atoms with Crippen molar-refractivity contribution in [1.29, 1.82) is 0 Å². The first-order valence-electron chi connectivity index (χ1n) is 13.4. The number of ether oxygens (including phenoxy) is 2. The second-order valence-electron chi connectivity index (χ2n) is 11.9. The van der Waals surface area contributed by atoms with Gasteiger partial charge in [0.05, 0.1) is 35.4 Å². The van der Waals surface area contributed by atoms with Gasteiger partial charge in [-0.25, -0.2) is 4.79 Å². The zero-order chi connectivity index (χ0) is 29.3. The number of rotatable bonds is 2. The summed E-state index contributed by atoms with van der Waals surface area (Å²) in [6, 6.07) is 8.30. The normalized spacial score (nSPS) is 36.2. The highest BCUT2D eigenvalue weighted by atomic mass is 16.5. The predicted octanol–water partition coefficient (Wildman–Crippen LogP) is 3.72. The van der Waals surface area contributed by atoms with E-state index in [2.05, 4.69) is 0 Å². The summed E-state index contributed by atoms with van der Waals surface area (Å²) in [5, 5.41) is 38.6. The SMILES string of the molecule is CC(=O)O.COC1C(=O)C2(C)C(O)CC3OCC3C2CC2(O)CCC(C)=C1C2(C)C.O=C(O)c1ccccc1. The molecule has 1 aromatic rings. The van der Waals surface area contributed by atoms with Crippen molar-refractivity contribution in [3.05, 3.63) is 47.0 Å². The van der Waals surface area contributed by atoms with E-state index in [0.717, 1.165) is 24.5 Å². The van der Waals surface area contributed by atoms with Crippen LogP contribution in [0.3, 0.4) is 0 Å². The number of carboxylic acids is 2. The van der Waals surface area contributed by atoms with Crippen LogP contribution < -0.4 is 0 Å². The highest BCUT2D eigenvalue weighted by Crippen LogP contribution is 2.61. The lowest BCUT2D eigenvalue weighted by Gasteiger charge is -2.62. The van der Waals surface area contributed by atoms with Crippen molar-refractivity contribution in [3.63, 3.8) is 0 Å². The van der Waals surface area contributed by atoms with Crippen LogP contribution in [0.2, 0.25) is 0 Å². The van der Waals surface area contributed by atoms with Gasteiger partial charge in [0.15, 0.2) is 5.78 Å². The predicted molar refractivity (Wildman–Crippen MR) is 143 cm³/mol. The number of hydrogen-bond acceptors (Lipinski definition) is 7. The summed E-state index contributed by atoms with van der Waals surface area (Å²) in [4.78, 5) is 33.0. The van der Waals surface area contributed by atoms with Crippen LogP contribution in [-0.4, -0.2) is 75.8 Å². The van der Waals surface area contributed by atoms with Crippen molar-refractivity contribution in [2.45, 2.75) is 84.2 Å². The van der Waals surface area contributed by atoms with Gasteiger partial charge in [0.1, 0.15) is 6.10 Å². The molecular formula is C30H42O9. The summed E-state index contributed by atoms with van der Waals surface area (Å²) in [5.74, 6) is -1.62. The molecule has 5 rings (SSSR count). The number of Topliss-reactive ketones (excluding diaryl/α,β-unsaturated/α-hetero) is 1. The molecule has 4 aliphatic rings. The number of aliphatic hydroxyl groups is 2. The monoisotopic (exact) mass is 546 g/mol. The summed E-state index contributed by atoms with van der Waals surface area (Å²) < 4.78 is 11.4. The highest BCUT2D eigenvalue weighted by molar-refractivity contribution is 5.93. The summed E-state index contributed by atoms with van der Waals surface area (Å²) in [6.07, 6.45) is 0.988. The lowest BCUT2D eigenvalue weighted by Crippen LogP contribution is -2.68. The molecule has 9 nitrogen and oxygen atoms in total. The molecule has 0 spiro atoms. The van der Waals surface area contributed by atoms with Crippen molar-refractivity contribution < 1.29 is 44.3 Å². The van der Waals surface area contributed by atoms with Crippen LogP contribution in [0.25, 0.3) is 0 Å². The maximum Gasteiger partial charge on any atom is 0.335 e. The maximum atomic E-state index is 13.8. The minimum atomic E-state index is -0.918. The molecule has 0 amide bonds. The fourth-order valence-corrected chi connectivity index (χ4v) is 6.95. The lowest BCUT2D eigenvalue weighted by atomic mass is 9.47. The Labute approximate surface area is 229 Å². The Morgan fingerprint density at radius 3 is 2.15 bits per heavy atom. The quantitative estimate of drug-likeness (QED) is 0.407. The van der Waals surface area contributed by atoms with E-state index in [9.17, 15) is 19.8 Å². The number of aliphatic carboxylic acids is 1. The van der Waals surface area contributed by atoms with Crippen molar-refractivity contribution in [2.75, 3.05) is 13.7 Å². The zero-order valence-electron chi connectivity index (χ0n) is 23.6. The van der Waals surface area contributed by atoms with Crippen molar-refractivity contribution in [2.24, 2.45) is 22.7 Å². The first-order valence-corrected chi connectivity index (χ1v) is 13.4. The molecule has 2 bridgehead atoms. The Kier molecular flexibility index (Phi) is 9.12. The number of carbonyl (C=O) groups is 3. The molecule has 39 heavy (non-hydrogen) atoms. The molecule has 3 aliphatic carbocycles. The number of hydrogen-bond donors (Lipinski definition) is 4. The average Bonchev–Trinajstić information content (AvgIpc) is 2.85. The van der Waals surface area contributed by atoms with Crippen LogP contribution in [0.15, 0.2) is 41.5 Å². The summed E-state index contributed by atoms with van der Waals surface area (Å²) >= 11 is 0. The number of methoxy groups -OCH3 is 1. The van der Waals surface area contributed by atoms with Crippen molar-refractivity contribution in [1.82, 2.24) is 0 Å². The van der Waals surface area contributed by atoms with Crippen LogP contribution >= 0.6 is 0 Å². The van der Waals surface area contributed by atoms with E-state index in [1.807, 2.05) is 27.7 Å². The van der Waals surface area contributed by atoms with E-state index in [-0.39, 0.29) is 23.7 Å². The third kappa shape index (κ3) is 5.55. The molecule has 3 fully saturated rings. The molecule has 216 valence electrons. The number of fused-ring (bicyclic) bond motifs is 5. The molecular weight excluding hydrogens is 504 g/mol. The second-order valence-corrected chi connectivity index (χ2v) is 11.9. The molecule has 0 radical (unpaired) electrons. The number of aliphatic hydroxyl groups excluding tert-OH is 1. The van der Waals surface area contributed by atoms with Crippen LogP contribution in [0.4, 0.5) is 0 Å². The summed E-state index contributed by atoms with van der Waals surface area (Å²) in [6.45, 7) is 9.71. The Bertz CT molecular complexity index is 1110. The highest BCUT2D eigenvalue weighted by Gasteiger charge is 2.66. The molecule has 4 N–H and O–H groups in total. The lowest BCUT2D eigenvalue weighted by molar-refractivity contribution is -0.242. The smallest absolute Gasteiger partial charge is 0.335 e. The van der Waals surface area contributed by atoms with Gasteiger partial charge in [-0.1, -0.05) is 37.6 Å². The number of carbonyl (C=O) groups excluding carboxylic acids is 1. The van der Waals surface area contributed by atoms with Crippen LogP contribution in [0.5, 0.6) is 0 Å². The van der Waals surface area contributed by atoms with Crippen molar-refractivity contribution in [3.8, 4) is 0 Å². The topological polar surface area (TPSA) is 151 Å². The van der Waals surface area contributed by atoms with Gasteiger partial charge in [-0.2, -0.15) is 0 Å². The minimum Gasteiger partial charge on any atom is -0.481 e. The van der Waals surface area contributed by atoms with Crippen molar-refractivity contribution >= 4 is 17.7 Å². The summed E-state index contributed by atoms with van der Waals surface area (Å²) in [7, 11) is 1.57. The van der Waals surface area contributed by atoms with Gasteiger partial charge in [0.25, 0.3) is 5.97 Å². The zero-order valence-corrected chi connectivity index (χ0v) is 23.6. The van der Waals surface area contributed by atoms with E-state index < -0.39 is 40.6 Å². The molecule has 7 unspecified atom stereocenters. The fraction of sp³-hybridized carbons (Fsp3) is 0.633. The second kappa shape index (κ2) is 11.5. The minimum absolute atomic E-state index is 0.00310.